The molecule has 0 unspecified atom stereocenters. The highest BCUT2D eigenvalue weighted by molar-refractivity contribution is 7.90. The average Bonchev–Trinajstić information content (AvgIpc) is 2.69. The van der Waals surface area contributed by atoms with E-state index in [4.69, 9.17) is 23.2 Å². The molecular formula is C22H18Cl2N2O4S. The van der Waals surface area contributed by atoms with Crippen LogP contribution < -0.4 is 10.6 Å². The lowest BCUT2D eigenvalue weighted by Gasteiger charge is -2.11. The highest BCUT2D eigenvalue weighted by atomic mass is 35.5. The first-order chi connectivity index (χ1) is 14.5. The standard InChI is InChI=1S/C22H18Cl2N2O4S/c1-13(27)25-15-5-3-14(4-6-15)19-11-16(7-10-20(19)23)26-22(28)18-9-8-17(12-21(18)24)31(2,29)30/h3-12H,1-2H3,(H,25,27)(H,26,28). The lowest BCUT2D eigenvalue weighted by Crippen LogP contribution is -2.13. The highest BCUT2D eigenvalue weighted by Gasteiger charge is 2.16. The minimum absolute atomic E-state index is 0.0307. The number of hydrogen-bond donors (Lipinski definition) is 2. The van der Waals surface area contributed by atoms with Crippen LogP contribution in [0.5, 0.6) is 0 Å². The van der Waals surface area contributed by atoms with Crippen LogP contribution in [0.1, 0.15) is 17.3 Å². The minimum atomic E-state index is -3.43. The van der Waals surface area contributed by atoms with E-state index < -0.39 is 15.7 Å². The fraction of sp³-hybridized carbons (Fsp3) is 0.0909. The van der Waals surface area contributed by atoms with Crippen LogP contribution in [-0.2, 0) is 14.6 Å². The predicted molar refractivity (Wildman–Crippen MR) is 124 cm³/mol. The van der Waals surface area contributed by atoms with Crippen molar-refractivity contribution in [1.29, 1.82) is 0 Å². The fourth-order valence-corrected chi connectivity index (χ4v) is 4.07. The Balaban J connectivity index is 1.85. The molecule has 0 saturated heterocycles. The SMILES string of the molecule is CC(=O)Nc1ccc(-c2cc(NC(=O)c3ccc(S(C)(=O)=O)cc3Cl)ccc2Cl)cc1. The molecule has 2 amide bonds. The van der Waals surface area contributed by atoms with E-state index in [1.165, 1.54) is 25.1 Å². The first kappa shape index (κ1) is 22.8. The van der Waals surface area contributed by atoms with Crippen LogP contribution in [0.2, 0.25) is 10.0 Å². The van der Waals surface area contributed by atoms with E-state index in [1.54, 1.807) is 42.5 Å². The Morgan fingerprint density at radius 2 is 1.45 bits per heavy atom. The van der Waals surface area contributed by atoms with E-state index in [1.807, 2.05) is 0 Å². The second-order valence-electron chi connectivity index (χ2n) is 6.82. The van der Waals surface area contributed by atoms with Gasteiger partial charge in [0.05, 0.1) is 15.5 Å². The monoisotopic (exact) mass is 476 g/mol. The average molecular weight is 477 g/mol. The van der Waals surface area contributed by atoms with Gasteiger partial charge in [0.15, 0.2) is 9.84 Å². The van der Waals surface area contributed by atoms with Crippen LogP contribution in [-0.4, -0.2) is 26.5 Å². The minimum Gasteiger partial charge on any atom is -0.326 e. The van der Waals surface area contributed by atoms with Crippen molar-refractivity contribution in [2.45, 2.75) is 11.8 Å². The Bertz CT molecular complexity index is 1270. The molecule has 0 bridgehead atoms. The molecule has 3 aromatic carbocycles. The van der Waals surface area contributed by atoms with Gasteiger partial charge in [-0.1, -0.05) is 35.3 Å². The molecule has 3 aromatic rings. The van der Waals surface area contributed by atoms with Crippen LogP contribution in [0, 0.1) is 0 Å². The maximum Gasteiger partial charge on any atom is 0.257 e. The summed E-state index contributed by atoms with van der Waals surface area (Å²) in [5.41, 5.74) is 2.77. The van der Waals surface area contributed by atoms with Gasteiger partial charge in [-0.15, -0.1) is 0 Å². The molecule has 0 spiro atoms. The van der Waals surface area contributed by atoms with Gasteiger partial charge in [0.25, 0.3) is 5.91 Å². The smallest absolute Gasteiger partial charge is 0.257 e. The number of nitrogens with one attached hydrogen (secondary N) is 2. The highest BCUT2D eigenvalue weighted by Crippen LogP contribution is 2.32. The summed E-state index contributed by atoms with van der Waals surface area (Å²) in [6.45, 7) is 1.43. The maximum absolute atomic E-state index is 12.7. The van der Waals surface area contributed by atoms with Crippen LogP contribution in [0.15, 0.2) is 65.6 Å². The number of anilines is 2. The van der Waals surface area contributed by atoms with Crippen LogP contribution in [0.25, 0.3) is 11.1 Å². The molecule has 0 fully saturated rings. The lowest BCUT2D eigenvalue weighted by atomic mass is 10.0. The largest absolute Gasteiger partial charge is 0.326 e. The van der Waals surface area contributed by atoms with Crippen LogP contribution in [0.3, 0.4) is 0 Å². The zero-order chi connectivity index (χ0) is 22.8. The van der Waals surface area contributed by atoms with E-state index >= 15 is 0 Å². The molecule has 31 heavy (non-hydrogen) atoms. The van der Waals surface area contributed by atoms with Crippen molar-refractivity contribution < 1.29 is 18.0 Å². The molecule has 9 heteroatoms. The summed E-state index contributed by atoms with van der Waals surface area (Å²) in [6, 6.07) is 16.1. The van der Waals surface area contributed by atoms with Crippen molar-refractivity contribution in [3.63, 3.8) is 0 Å². The molecule has 0 atom stereocenters. The summed E-state index contributed by atoms with van der Waals surface area (Å²) in [5.74, 6) is -0.655. The number of hydrogen-bond acceptors (Lipinski definition) is 4. The van der Waals surface area contributed by atoms with Gasteiger partial charge in [-0.3, -0.25) is 9.59 Å². The Morgan fingerprint density at radius 3 is 2.03 bits per heavy atom. The van der Waals surface area contributed by atoms with Crippen molar-refractivity contribution in [3.05, 3.63) is 76.3 Å². The molecule has 0 saturated carbocycles. The first-order valence-corrected chi connectivity index (χ1v) is 11.7. The predicted octanol–water partition coefficient (Wildman–Crippen LogP) is 5.27. The van der Waals surface area contributed by atoms with Gasteiger partial charge in [-0.25, -0.2) is 8.42 Å². The Kier molecular flexibility index (Phi) is 6.69. The second kappa shape index (κ2) is 9.09. The maximum atomic E-state index is 12.7. The zero-order valence-corrected chi connectivity index (χ0v) is 18.9. The van der Waals surface area contributed by atoms with E-state index in [0.717, 1.165) is 11.8 Å². The Morgan fingerprint density at radius 1 is 0.806 bits per heavy atom. The molecular weight excluding hydrogens is 459 g/mol. The van der Waals surface area contributed by atoms with Gasteiger partial charge in [-0.05, 0) is 54.1 Å². The van der Waals surface area contributed by atoms with E-state index in [-0.39, 0.29) is 21.4 Å². The summed E-state index contributed by atoms with van der Waals surface area (Å²) in [5, 5.41) is 5.95. The topological polar surface area (TPSA) is 92.3 Å². The molecule has 0 heterocycles. The van der Waals surface area contributed by atoms with E-state index in [0.29, 0.717) is 22.0 Å². The molecule has 3 rings (SSSR count). The second-order valence-corrected chi connectivity index (χ2v) is 9.65. The third-order valence-electron chi connectivity index (χ3n) is 4.35. The molecule has 2 N–H and O–H groups in total. The summed E-state index contributed by atoms with van der Waals surface area (Å²) in [6.07, 6.45) is 1.07. The summed E-state index contributed by atoms with van der Waals surface area (Å²) < 4.78 is 23.3. The summed E-state index contributed by atoms with van der Waals surface area (Å²) in [7, 11) is -3.43. The van der Waals surface area contributed by atoms with Gasteiger partial charge in [0.1, 0.15) is 0 Å². The number of benzene rings is 3. The number of carbonyl (C=O) groups is 2. The third-order valence-corrected chi connectivity index (χ3v) is 6.11. The Hall–Kier alpha value is -2.87. The van der Waals surface area contributed by atoms with Gasteiger partial charge >= 0.3 is 0 Å². The van der Waals surface area contributed by atoms with Crippen molar-refractivity contribution in [3.8, 4) is 11.1 Å². The van der Waals surface area contributed by atoms with E-state index in [2.05, 4.69) is 10.6 Å². The summed E-state index contributed by atoms with van der Waals surface area (Å²) >= 11 is 12.5. The van der Waals surface area contributed by atoms with Crippen molar-refractivity contribution in [2.75, 3.05) is 16.9 Å². The number of rotatable bonds is 5. The van der Waals surface area contributed by atoms with Crippen molar-refractivity contribution in [1.82, 2.24) is 0 Å². The third kappa shape index (κ3) is 5.64. The quantitative estimate of drug-likeness (QED) is 0.524. The zero-order valence-electron chi connectivity index (χ0n) is 16.6. The van der Waals surface area contributed by atoms with Crippen molar-refractivity contribution >= 4 is 56.2 Å². The van der Waals surface area contributed by atoms with Gasteiger partial charge in [0.2, 0.25) is 5.91 Å². The fourth-order valence-electron chi connectivity index (χ4n) is 2.87. The molecule has 0 aromatic heterocycles. The number of sulfone groups is 1. The number of carbonyl (C=O) groups excluding carboxylic acids is 2. The first-order valence-electron chi connectivity index (χ1n) is 9.03. The molecule has 0 aliphatic rings. The van der Waals surface area contributed by atoms with E-state index in [9.17, 15) is 18.0 Å². The lowest BCUT2D eigenvalue weighted by molar-refractivity contribution is -0.114. The molecule has 0 aliphatic heterocycles. The van der Waals surface area contributed by atoms with Crippen LogP contribution >= 0.6 is 23.2 Å². The van der Waals surface area contributed by atoms with Crippen molar-refractivity contribution in [2.24, 2.45) is 0 Å². The number of halogens is 2. The molecule has 0 radical (unpaired) electrons. The molecule has 0 aliphatic carbocycles. The number of amides is 2. The molecule has 6 nitrogen and oxygen atoms in total. The Labute approximate surface area is 190 Å². The van der Waals surface area contributed by atoms with Gasteiger partial charge < -0.3 is 10.6 Å². The normalized spacial score (nSPS) is 11.1. The van der Waals surface area contributed by atoms with Crippen LogP contribution in [0.4, 0.5) is 11.4 Å². The van der Waals surface area contributed by atoms with Gasteiger partial charge in [0, 0.05) is 35.1 Å². The summed E-state index contributed by atoms with van der Waals surface area (Å²) in [4.78, 5) is 23.9. The molecule has 160 valence electrons. The van der Waals surface area contributed by atoms with Gasteiger partial charge in [-0.2, -0.15) is 0 Å².